The summed E-state index contributed by atoms with van der Waals surface area (Å²) in [5.41, 5.74) is 9.83. The first-order valence-corrected chi connectivity index (χ1v) is 18.1. The predicted molar refractivity (Wildman–Crippen MR) is 216 cm³/mol. The Balaban J connectivity index is 1.19. The van der Waals surface area contributed by atoms with E-state index in [2.05, 4.69) is 106 Å². The lowest BCUT2D eigenvalue weighted by atomic mass is 9.92. The van der Waals surface area contributed by atoms with Crippen LogP contribution < -0.4 is 14.5 Å². The topological polar surface area (TPSA) is 33.5 Å². The molecule has 0 aliphatic carbocycles. The maximum atomic E-state index is 14.5. The van der Waals surface area contributed by atoms with Crippen molar-refractivity contribution in [2.24, 2.45) is 0 Å². The van der Waals surface area contributed by atoms with Crippen LogP contribution in [-0.4, -0.2) is 16.2 Å². The lowest BCUT2D eigenvalue weighted by Crippen LogP contribution is -2.24. The van der Waals surface area contributed by atoms with Crippen LogP contribution >= 0.6 is 0 Å². The van der Waals surface area contributed by atoms with Crippen LogP contribution in [0.2, 0.25) is 0 Å². The molecule has 2 aromatic heterocycles. The largest absolute Gasteiger partial charge is 0.457 e. The van der Waals surface area contributed by atoms with Gasteiger partial charge in [-0.1, -0.05) is 81.4 Å². The van der Waals surface area contributed by atoms with Gasteiger partial charge in [-0.2, -0.15) is 0 Å². The summed E-state index contributed by atoms with van der Waals surface area (Å²) in [5, 5.41) is 2.27. The molecule has 0 N–H and O–H groups in total. The molecule has 8 aromatic rings. The quantitative estimate of drug-likeness (QED) is 0.158. The summed E-state index contributed by atoms with van der Waals surface area (Å²) >= 11 is 0. The lowest BCUT2D eigenvalue weighted by Gasteiger charge is -2.24. The molecule has 6 aromatic carbocycles. The van der Waals surface area contributed by atoms with Gasteiger partial charge in [0.15, 0.2) is 0 Å². The molecular formula is C47H39FN4O. The molecule has 260 valence electrons. The highest BCUT2D eigenvalue weighted by Crippen LogP contribution is 2.46. The Hall–Kier alpha value is -6.40. The van der Waals surface area contributed by atoms with Gasteiger partial charge in [-0.3, -0.25) is 4.57 Å². The number of fused-ring (bicyclic) bond motifs is 4. The second-order valence-electron chi connectivity index (χ2n) is 13.7. The molecule has 53 heavy (non-hydrogen) atoms. The fourth-order valence-electron chi connectivity index (χ4n) is 7.62. The molecular weight excluding hydrogens is 656 g/mol. The summed E-state index contributed by atoms with van der Waals surface area (Å²) in [5.74, 6) is 1.12. The highest BCUT2D eigenvalue weighted by Gasteiger charge is 2.29. The van der Waals surface area contributed by atoms with Crippen molar-refractivity contribution in [1.82, 2.24) is 9.55 Å². The SMILES string of the molecule is [2H]C(C)(C)c1ccccc1-c1cc(Oc2ccc3c4ccccc4n(-c4cc(CC)ccn4)c3c2)cc(N2CN(c3cccc(F)c3)c3ccccc32)c1. The molecule has 0 spiro atoms. The van der Waals surface area contributed by atoms with Crippen LogP contribution in [-0.2, 0) is 6.42 Å². The summed E-state index contributed by atoms with van der Waals surface area (Å²) in [6, 6.07) is 48.2. The summed E-state index contributed by atoms with van der Waals surface area (Å²) in [6.45, 7) is 6.47. The maximum absolute atomic E-state index is 14.5. The molecule has 5 nitrogen and oxygen atoms in total. The Kier molecular flexibility index (Phi) is 7.86. The van der Waals surface area contributed by atoms with Crippen LogP contribution in [0.1, 0.15) is 39.2 Å². The van der Waals surface area contributed by atoms with Crippen molar-refractivity contribution in [2.45, 2.75) is 33.1 Å². The third kappa shape index (κ3) is 5.86. The first kappa shape index (κ1) is 31.3. The van der Waals surface area contributed by atoms with Gasteiger partial charge in [0.1, 0.15) is 29.8 Å². The van der Waals surface area contributed by atoms with Crippen molar-refractivity contribution in [2.75, 3.05) is 16.5 Å². The van der Waals surface area contributed by atoms with Crippen molar-refractivity contribution in [3.05, 3.63) is 169 Å². The zero-order valence-corrected chi connectivity index (χ0v) is 29.9. The van der Waals surface area contributed by atoms with E-state index >= 15 is 0 Å². The number of pyridine rings is 1. The van der Waals surface area contributed by atoms with Gasteiger partial charge in [-0.05, 0) is 107 Å². The van der Waals surface area contributed by atoms with E-state index in [0.717, 1.165) is 73.5 Å². The molecule has 0 bridgehead atoms. The van der Waals surface area contributed by atoms with Crippen molar-refractivity contribution in [1.29, 1.82) is 0 Å². The summed E-state index contributed by atoms with van der Waals surface area (Å²) in [6.07, 6.45) is 2.80. The van der Waals surface area contributed by atoms with Gasteiger partial charge in [-0.25, -0.2) is 9.37 Å². The standard InChI is InChI=1S/C47H39FN4O/c1-4-32-22-23-49-47(24-32)52-43-17-8-7-16-41(43)42-21-20-37(29-46(42)52)53-38-26-33(40-15-6-5-14-39(40)31(2)3)25-36(28-38)51-30-50(35-13-11-12-34(48)27-35)44-18-9-10-19-45(44)51/h5-29,31H,4,30H2,1-3H3/i31D. The van der Waals surface area contributed by atoms with Crippen LogP contribution in [0, 0.1) is 5.82 Å². The van der Waals surface area contributed by atoms with E-state index in [1.807, 2.05) is 62.5 Å². The molecule has 1 aliphatic rings. The molecule has 0 unspecified atom stereocenters. The number of aromatic nitrogens is 2. The van der Waals surface area contributed by atoms with E-state index in [9.17, 15) is 4.39 Å². The molecule has 6 heteroatoms. The number of hydrogen-bond acceptors (Lipinski definition) is 4. The van der Waals surface area contributed by atoms with Crippen LogP contribution in [0.25, 0.3) is 38.8 Å². The fraction of sp³-hybridized carbons (Fsp3) is 0.128. The molecule has 0 amide bonds. The Labute approximate surface area is 310 Å². The van der Waals surface area contributed by atoms with Gasteiger partial charge < -0.3 is 14.5 Å². The smallest absolute Gasteiger partial charge is 0.137 e. The Morgan fingerprint density at radius 1 is 0.698 bits per heavy atom. The third-order valence-electron chi connectivity index (χ3n) is 10.2. The number of para-hydroxylation sites is 3. The van der Waals surface area contributed by atoms with E-state index in [1.165, 1.54) is 11.6 Å². The third-order valence-corrected chi connectivity index (χ3v) is 10.2. The molecule has 3 heterocycles. The predicted octanol–water partition coefficient (Wildman–Crippen LogP) is 12.7. The molecule has 0 radical (unpaired) electrons. The number of benzene rings is 6. The van der Waals surface area contributed by atoms with E-state index in [1.54, 1.807) is 12.1 Å². The molecule has 9 rings (SSSR count). The number of hydrogen-bond donors (Lipinski definition) is 0. The number of nitrogens with zero attached hydrogens (tertiary/aromatic N) is 4. The normalized spacial score (nSPS) is 13.1. The van der Waals surface area contributed by atoms with Gasteiger partial charge in [-0.15, -0.1) is 0 Å². The first-order valence-electron chi connectivity index (χ1n) is 18.6. The average molecular weight is 696 g/mol. The summed E-state index contributed by atoms with van der Waals surface area (Å²) < 4.78 is 32.6. The van der Waals surface area contributed by atoms with Gasteiger partial charge in [0.05, 0.1) is 22.4 Å². The van der Waals surface area contributed by atoms with Crippen LogP contribution in [0.15, 0.2) is 152 Å². The van der Waals surface area contributed by atoms with Gasteiger partial charge >= 0.3 is 0 Å². The van der Waals surface area contributed by atoms with E-state index in [0.29, 0.717) is 18.2 Å². The van der Waals surface area contributed by atoms with Crippen molar-refractivity contribution in [3.8, 4) is 28.4 Å². The van der Waals surface area contributed by atoms with Crippen molar-refractivity contribution in [3.63, 3.8) is 0 Å². The van der Waals surface area contributed by atoms with Crippen LogP contribution in [0.4, 0.5) is 27.1 Å². The van der Waals surface area contributed by atoms with Gasteiger partial charge in [0, 0.05) is 41.8 Å². The minimum Gasteiger partial charge on any atom is -0.457 e. The van der Waals surface area contributed by atoms with E-state index in [-0.39, 0.29) is 5.82 Å². The maximum Gasteiger partial charge on any atom is 0.137 e. The highest BCUT2D eigenvalue weighted by molar-refractivity contribution is 6.09. The summed E-state index contributed by atoms with van der Waals surface area (Å²) in [4.78, 5) is 9.16. The number of anilines is 4. The zero-order valence-electron chi connectivity index (χ0n) is 30.9. The number of rotatable bonds is 8. The molecule has 0 saturated carbocycles. The first-order chi connectivity index (χ1) is 26.2. The van der Waals surface area contributed by atoms with E-state index < -0.39 is 5.89 Å². The van der Waals surface area contributed by atoms with Gasteiger partial charge in [0.25, 0.3) is 0 Å². The second kappa shape index (κ2) is 13.3. The second-order valence-corrected chi connectivity index (χ2v) is 13.7. The molecule has 1 aliphatic heterocycles. The average Bonchev–Trinajstić information content (AvgIpc) is 3.74. The van der Waals surface area contributed by atoms with Crippen LogP contribution in [0.5, 0.6) is 11.5 Å². The van der Waals surface area contributed by atoms with Crippen molar-refractivity contribution >= 4 is 44.6 Å². The van der Waals surface area contributed by atoms with Crippen molar-refractivity contribution < 1.29 is 10.5 Å². The Bertz CT molecular complexity index is 2700. The Morgan fingerprint density at radius 2 is 1.45 bits per heavy atom. The number of halogens is 1. The minimum atomic E-state index is -0.830. The highest BCUT2D eigenvalue weighted by atomic mass is 19.1. The van der Waals surface area contributed by atoms with Crippen LogP contribution in [0.3, 0.4) is 0 Å². The lowest BCUT2D eigenvalue weighted by molar-refractivity contribution is 0.483. The van der Waals surface area contributed by atoms with E-state index in [4.69, 9.17) is 11.1 Å². The minimum absolute atomic E-state index is 0.277. The number of ether oxygens (including phenoxy) is 1. The number of aryl methyl sites for hydroxylation is 1. The molecule has 0 saturated heterocycles. The molecule has 0 fully saturated rings. The van der Waals surface area contributed by atoms with Gasteiger partial charge in [0.2, 0.25) is 0 Å². The summed E-state index contributed by atoms with van der Waals surface area (Å²) in [7, 11) is 0. The zero-order chi connectivity index (χ0) is 37.0. The monoisotopic (exact) mass is 695 g/mol. The molecule has 0 atom stereocenters. The Morgan fingerprint density at radius 3 is 2.26 bits per heavy atom. The fourth-order valence-corrected chi connectivity index (χ4v) is 7.62.